The summed E-state index contributed by atoms with van der Waals surface area (Å²) < 4.78 is 18.0. The Morgan fingerprint density at radius 2 is 0.647 bits per heavy atom. The molecular weight excluding hydrogens is 280 g/mol. The van der Waals surface area contributed by atoms with Gasteiger partial charge in [0.05, 0.1) is 0 Å². The van der Waals surface area contributed by atoms with Crippen LogP contribution in [0.1, 0.15) is 0 Å². The van der Waals surface area contributed by atoms with E-state index >= 15 is 0 Å². The molecular formula is C10H30O3Si4. The SMILES string of the molecule is CO[Si](C)(C)[Si](C)([Si](C)(C)OC)[Si](C)(C)OC. The van der Waals surface area contributed by atoms with Gasteiger partial charge in [-0.15, -0.1) is 0 Å². The average Bonchev–Trinajstić information content (AvgIpc) is 2.27. The normalized spacial score (nSPS) is 15.2. The molecule has 0 unspecified atom stereocenters. The van der Waals surface area contributed by atoms with Crippen LogP contribution in [0, 0.1) is 0 Å². The topological polar surface area (TPSA) is 27.7 Å². The minimum absolute atomic E-state index is 1.68. The molecule has 17 heavy (non-hydrogen) atoms. The van der Waals surface area contributed by atoms with Crippen LogP contribution in [-0.4, -0.2) is 51.5 Å². The summed E-state index contributed by atoms with van der Waals surface area (Å²) in [5, 5.41) is 0. The van der Waals surface area contributed by atoms with Crippen LogP contribution in [0.5, 0.6) is 0 Å². The van der Waals surface area contributed by atoms with Crippen LogP contribution in [-0.2, 0) is 13.3 Å². The lowest BCUT2D eigenvalue weighted by Crippen LogP contribution is -2.85. The molecule has 0 atom stereocenters. The molecule has 0 aromatic carbocycles. The highest BCUT2D eigenvalue weighted by atomic mass is 29.9. The molecule has 0 rings (SSSR count). The zero-order valence-electron chi connectivity index (χ0n) is 13.2. The van der Waals surface area contributed by atoms with Gasteiger partial charge in [-0.25, -0.2) is 0 Å². The van der Waals surface area contributed by atoms with Crippen molar-refractivity contribution in [2.24, 2.45) is 0 Å². The van der Waals surface area contributed by atoms with Gasteiger partial charge in [0.1, 0.15) is 6.63 Å². The van der Waals surface area contributed by atoms with E-state index in [9.17, 15) is 0 Å². The highest BCUT2D eigenvalue weighted by Gasteiger charge is 2.67. The molecule has 104 valence electrons. The summed E-state index contributed by atoms with van der Waals surface area (Å²) in [6, 6.07) is 0. The Bertz CT molecular complexity index is 225. The fourth-order valence-corrected chi connectivity index (χ4v) is 69.7. The van der Waals surface area contributed by atoms with Crippen molar-refractivity contribution in [3.8, 4) is 0 Å². The maximum Gasteiger partial charge on any atom is 0.174 e. The van der Waals surface area contributed by atoms with E-state index in [0.29, 0.717) is 0 Å². The van der Waals surface area contributed by atoms with Crippen LogP contribution >= 0.6 is 0 Å². The summed E-state index contributed by atoms with van der Waals surface area (Å²) in [7, 11) is 0.424. The molecule has 3 nitrogen and oxygen atoms in total. The molecule has 0 aromatic rings. The molecule has 0 aliphatic heterocycles. The Morgan fingerprint density at radius 3 is 0.765 bits per heavy atom. The standard InChI is InChI=1S/C10H30O3Si4/c1-11-14(4,5)17(10,15(6,7)12-2)16(8,9)13-3/h1-10H3. The van der Waals surface area contributed by atoms with Crippen molar-refractivity contribution in [1.29, 1.82) is 0 Å². The second kappa shape index (κ2) is 5.39. The smallest absolute Gasteiger partial charge is 0.174 e. The Labute approximate surface area is 111 Å². The molecule has 0 aliphatic carbocycles. The minimum Gasteiger partial charge on any atom is -0.424 e. The quantitative estimate of drug-likeness (QED) is 0.706. The molecule has 0 amide bonds. The number of hydrogen-bond acceptors (Lipinski definition) is 3. The van der Waals surface area contributed by atoms with Gasteiger partial charge in [-0.1, -0.05) is 6.55 Å². The largest absolute Gasteiger partial charge is 0.424 e. The second-order valence-electron chi connectivity index (χ2n) is 6.27. The lowest BCUT2D eigenvalue weighted by molar-refractivity contribution is 0.402. The van der Waals surface area contributed by atoms with Gasteiger partial charge in [0.2, 0.25) is 0 Å². The van der Waals surface area contributed by atoms with Gasteiger partial charge in [-0.3, -0.25) is 0 Å². The number of rotatable bonds is 6. The molecule has 0 saturated carbocycles. The van der Waals surface area contributed by atoms with Crippen LogP contribution in [0.2, 0.25) is 45.8 Å². The molecule has 0 aromatic heterocycles. The molecule has 0 aliphatic rings. The van der Waals surface area contributed by atoms with Crippen molar-refractivity contribution in [3.05, 3.63) is 0 Å². The third-order valence-corrected chi connectivity index (χ3v) is 71.5. The molecule has 0 bridgehead atoms. The van der Waals surface area contributed by atoms with E-state index in [0.717, 1.165) is 0 Å². The van der Waals surface area contributed by atoms with Gasteiger partial charge >= 0.3 is 0 Å². The number of hydrogen-bond donors (Lipinski definition) is 0. The summed E-state index contributed by atoms with van der Waals surface area (Å²) in [6.45, 7) is 14.9. The van der Waals surface area contributed by atoms with Crippen LogP contribution in [0.4, 0.5) is 0 Å². The first-order chi connectivity index (χ1) is 7.43. The van der Waals surface area contributed by atoms with Gasteiger partial charge in [0.15, 0.2) is 23.5 Å². The lowest BCUT2D eigenvalue weighted by Gasteiger charge is -2.54. The molecule has 0 fully saturated rings. The van der Waals surface area contributed by atoms with Crippen molar-refractivity contribution in [2.45, 2.75) is 45.8 Å². The molecule has 7 heteroatoms. The van der Waals surface area contributed by atoms with Crippen LogP contribution in [0.25, 0.3) is 0 Å². The highest BCUT2D eigenvalue weighted by Crippen LogP contribution is 2.37. The Balaban J connectivity index is 5.88. The molecule has 0 spiro atoms. The van der Waals surface area contributed by atoms with Crippen LogP contribution in [0.15, 0.2) is 0 Å². The Kier molecular flexibility index (Phi) is 5.63. The van der Waals surface area contributed by atoms with E-state index in [1.807, 2.05) is 21.3 Å². The minimum atomic E-state index is -1.73. The van der Waals surface area contributed by atoms with Crippen molar-refractivity contribution < 1.29 is 13.3 Å². The first kappa shape index (κ1) is 17.7. The average molecular weight is 311 g/mol. The van der Waals surface area contributed by atoms with E-state index in [1.54, 1.807) is 0 Å². The predicted octanol–water partition coefficient (Wildman–Crippen LogP) is 2.85. The highest BCUT2D eigenvalue weighted by molar-refractivity contribution is 7.86. The Morgan fingerprint density at radius 1 is 0.471 bits per heavy atom. The van der Waals surface area contributed by atoms with Crippen LogP contribution < -0.4 is 0 Å². The van der Waals surface area contributed by atoms with Gasteiger partial charge in [-0.2, -0.15) is 0 Å². The Hall–Kier alpha value is 0.748. The van der Waals surface area contributed by atoms with Crippen molar-refractivity contribution in [2.75, 3.05) is 21.3 Å². The summed E-state index contributed by atoms with van der Waals surface area (Å²) in [5.74, 6) is 0. The first-order valence-corrected chi connectivity index (χ1v) is 20.3. The van der Waals surface area contributed by atoms with Gasteiger partial charge in [0.25, 0.3) is 0 Å². The maximum absolute atomic E-state index is 5.99. The fraction of sp³-hybridized carbons (Fsp3) is 1.00. The summed E-state index contributed by atoms with van der Waals surface area (Å²) in [4.78, 5) is 0. The van der Waals surface area contributed by atoms with E-state index in [1.165, 1.54) is 0 Å². The van der Waals surface area contributed by atoms with E-state index < -0.39 is 30.1 Å². The maximum atomic E-state index is 5.99. The third-order valence-electron chi connectivity index (χ3n) is 5.14. The summed E-state index contributed by atoms with van der Waals surface area (Å²) in [6.07, 6.45) is 0. The van der Waals surface area contributed by atoms with E-state index in [4.69, 9.17) is 13.3 Å². The second-order valence-corrected chi connectivity index (χ2v) is 43.1. The van der Waals surface area contributed by atoms with Crippen molar-refractivity contribution >= 4 is 30.1 Å². The predicted molar refractivity (Wildman–Crippen MR) is 85.1 cm³/mol. The van der Waals surface area contributed by atoms with Crippen LogP contribution in [0.3, 0.4) is 0 Å². The third kappa shape index (κ3) is 2.70. The molecule has 0 saturated heterocycles. The molecule has 0 N–H and O–H groups in total. The molecule has 0 heterocycles. The van der Waals surface area contributed by atoms with Crippen molar-refractivity contribution in [3.63, 3.8) is 0 Å². The lowest BCUT2D eigenvalue weighted by atomic mass is 11.8. The molecule has 0 radical (unpaired) electrons. The zero-order chi connectivity index (χ0) is 14.1. The van der Waals surface area contributed by atoms with Gasteiger partial charge in [-0.05, 0) is 39.3 Å². The van der Waals surface area contributed by atoms with Gasteiger partial charge in [0, 0.05) is 21.3 Å². The monoisotopic (exact) mass is 310 g/mol. The zero-order valence-corrected chi connectivity index (χ0v) is 17.2. The summed E-state index contributed by atoms with van der Waals surface area (Å²) in [5.41, 5.74) is 0. The fourth-order valence-electron chi connectivity index (χ4n) is 2.79. The van der Waals surface area contributed by atoms with Gasteiger partial charge < -0.3 is 13.3 Å². The van der Waals surface area contributed by atoms with Crippen molar-refractivity contribution in [1.82, 2.24) is 0 Å². The summed E-state index contributed by atoms with van der Waals surface area (Å²) >= 11 is 0. The van der Waals surface area contributed by atoms with E-state index in [2.05, 4.69) is 45.8 Å². The van der Waals surface area contributed by atoms with E-state index in [-0.39, 0.29) is 0 Å². The first-order valence-electron chi connectivity index (χ1n) is 6.09.